The molecule has 7 rings (SSSR count). The predicted molar refractivity (Wildman–Crippen MR) is 145 cm³/mol. The number of halogens is 3. The number of rotatable bonds is 5. The molecule has 40 heavy (non-hydrogen) atoms. The fourth-order valence-corrected chi connectivity index (χ4v) is 6.80. The second-order valence-corrected chi connectivity index (χ2v) is 11.3. The van der Waals surface area contributed by atoms with Crippen LogP contribution in [0.15, 0.2) is 53.2 Å². The molecule has 0 unspecified atom stereocenters. The smallest absolute Gasteiger partial charge is 0.417 e. The molecule has 6 nitrogen and oxygen atoms in total. The van der Waals surface area contributed by atoms with Crippen molar-refractivity contribution < 1.29 is 27.6 Å². The van der Waals surface area contributed by atoms with Crippen LogP contribution in [0.25, 0.3) is 33.3 Å². The molecule has 0 radical (unpaired) electrons. The maximum atomic E-state index is 14.1. The van der Waals surface area contributed by atoms with Gasteiger partial charge in [-0.15, -0.1) is 0 Å². The van der Waals surface area contributed by atoms with Gasteiger partial charge in [0.25, 0.3) is 0 Å². The van der Waals surface area contributed by atoms with Gasteiger partial charge in [0.1, 0.15) is 11.5 Å². The fourth-order valence-electron chi connectivity index (χ4n) is 6.80. The summed E-state index contributed by atoms with van der Waals surface area (Å²) in [7, 11) is 1.83. The van der Waals surface area contributed by atoms with Crippen LogP contribution in [-0.4, -0.2) is 33.9 Å². The van der Waals surface area contributed by atoms with Crippen LogP contribution in [-0.2, 0) is 13.2 Å². The van der Waals surface area contributed by atoms with Gasteiger partial charge in [-0.1, -0.05) is 35.5 Å². The summed E-state index contributed by atoms with van der Waals surface area (Å²) < 4.78 is 49.9. The summed E-state index contributed by atoms with van der Waals surface area (Å²) >= 11 is 0. The van der Waals surface area contributed by atoms with E-state index in [0.717, 1.165) is 73.5 Å². The second-order valence-electron chi connectivity index (χ2n) is 11.3. The number of nitrogens with zero attached hydrogens (tertiary/aromatic N) is 2. The first kappa shape index (κ1) is 25.1. The van der Waals surface area contributed by atoms with E-state index in [4.69, 9.17) is 4.52 Å². The summed E-state index contributed by atoms with van der Waals surface area (Å²) in [6.45, 7) is 1.71. The van der Waals surface area contributed by atoms with Gasteiger partial charge in [0.15, 0.2) is 0 Å². The van der Waals surface area contributed by atoms with Gasteiger partial charge < -0.3 is 19.5 Å². The molecule has 3 heterocycles. The van der Waals surface area contributed by atoms with Crippen LogP contribution in [0.1, 0.15) is 70.8 Å². The first-order valence-electron chi connectivity index (χ1n) is 13.6. The lowest BCUT2D eigenvalue weighted by Gasteiger charge is -2.49. The monoisotopic (exact) mass is 547 g/mol. The van der Waals surface area contributed by atoms with E-state index in [2.05, 4.69) is 10.5 Å². The number of aromatic nitrogens is 2. The third-order valence-electron chi connectivity index (χ3n) is 8.87. The van der Waals surface area contributed by atoms with Crippen molar-refractivity contribution in [2.45, 2.75) is 44.2 Å². The lowest BCUT2D eigenvalue weighted by atomic mass is 9.56. The molecule has 2 N–H and O–H groups in total. The van der Waals surface area contributed by atoms with Gasteiger partial charge >= 0.3 is 12.1 Å². The molecular weight excluding hydrogens is 519 g/mol. The van der Waals surface area contributed by atoms with E-state index in [9.17, 15) is 23.1 Å². The molecule has 2 fully saturated rings. The van der Waals surface area contributed by atoms with Crippen molar-refractivity contribution >= 4 is 28.0 Å². The number of alkyl halides is 3. The van der Waals surface area contributed by atoms with Crippen LogP contribution in [0.4, 0.5) is 13.2 Å². The van der Waals surface area contributed by atoms with Crippen LogP contribution in [0, 0.1) is 5.41 Å². The Kier molecular flexibility index (Phi) is 5.55. The Bertz CT molecular complexity index is 1700. The van der Waals surface area contributed by atoms with Gasteiger partial charge in [0, 0.05) is 46.6 Å². The number of carboxylic acid groups (broad SMARTS) is 1. The molecule has 2 aromatic heterocycles. The minimum absolute atomic E-state index is 0.0303. The van der Waals surface area contributed by atoms with Crippen molar-refractivity contribution in [2.24, 2.45) is 12.5 Å². The van der Waals surface area contributed by atoms with Gasteiger partial charge in [0.05, 0.1) is 11.1 Å². The normalized spacial score (nSPS) is 18.9. The molecule has 0 atom stereocenters. The fraction of sp³-hybridized carbons (Fsp3) is 0.355. The highest BCUT2D eigenvalue weighted by molar-refractivity contribution is 6.07. The van der Waals surface area contributed by atoms with Crippen molar-refractivity contribution in [1.29, 1.82) is 0 Å². The van der Waals surface area contributed by atoms with E-state index < -0.39 is 17.7 Å². The van der Waals surface area contributed by atoms with Gasteiger partial charge in [-0.25, -0.2) is 4.79 Å². The maximum Gasteiger partial charge on any atom is 0.417 e. The van der Waals surface area contributed by atoms with Gasteiger partial charge in [0.2, 0.25) is 0 Å². The first-order valence-corrected chi connectivity index (χ1v) is 13.6. The Balaban J connectivity index is 1.47. The SMILES string of the molecule is Cn1cc(C(=O)O)c2ccc(C3=C(c4c(-c5ccccc5C(F)(F)F)noc4C4CC4)CC34CCNCC4)cc21. The molecule has 0 amide bonds. The number of allylic oxidation sites excluding steroid dienone is 2. The summed E-state index contributed by atoms with van der Waals surface area (Å²) in [5.41, 5.74) is 4.25. The molecule has 1 saturated heterocycles. The number of carboxylic acids is 1. The Labute approximate surface area is 228 Å². The first-order chi connectivity index (χ1) is 19.2. The number of hydrogen-bond acceptors (Lipinski definition) is 4. The number of nitrogens with one attached hydrogen (secondary N) is 1. The molecule has 1 saturated carbocycles. The topological polar surface area (TPSA) is 80.3 Å². The summed E-state index contributed by atoms with van der Waals surface area (Å²) in [6, 6.07) is 11.4. The van der Waals surface area contributed by atoms with Crippen LogP contribution in [0.3, 0.4) is 0 Å². The third kappa shape index (κ3) is 3.82. The predicted octanol–water partition coefficient (Wildman–Crippen LogP) is 7.11. The van der Waals surface area contributed by atoms with E-state index in [1.165, 1.54) is 12.1 Å². The maximum absolute atomic E-state index is 14.1. The summed E-state index contributed by atoms with van der Waals surface area (Å²) in [5.74, 6) is -0.152. The number of hydrogen-bond donors (Lipinski definition) is 2. The molecule has 9 heteroatoms. The molecule has 206 valence electrons. The average molecular weight is 548 g/mol. The molecule has 1 aliphatic heterocycles. The van der Waals surface area contributed by atoms with Gasteiger partial charge in [-0.05, 0) is 74.0 Å². The van der Waals surface area contributed by atoms with Crippen LogP contribution in [0.5, 0.6) is 0 Å². The Hall–Kier alpha value is -3.85. The second kappa shape index (κ2) is 8.83. The van der Waals surface area contributed by atoms with E-state index in [-0.39, 0.29) is 28.2 Å². The number of piperidine rings is 1. The van der Waals surface area contributed by atoms with Crippen LogP contribution < -0.4 is 5.32 Å². The van der Waals surface area contributed by atoms with E-state index in [0.29, 0.717) is 16.7 Å². The average Bonchev–Trinajstić information content (AvgIpc) is 3.59. The molecule has 2 aliphatic carbocycles. The highest BCUT2D eigenvalue weighted by atomic mass is 19.4. The summed E-state index contributed by atoms with van der Waals surface area (Å²) in [6.07, 6.45) is 1.49. The van der Waals surface area contributed by atoms with E-state index >= 15 is 0 Å². The largest absolute Gasteiger partial charge is 0.478 e. The van der Waals surface area contributed by atoms with Crippen LogP contribution >= 0.6 is 0 Å². The quantitative estimate of drug-likeness (QED) is 0.278. The summed E-state index contributed by atoms with van der Waals surface area (Å²) in [4.78, 5) is 11.8. The number of benzene rings is 2. The Morgan fingerprint density at radius 3 is 2.60 bits per heavy atom. The number of fused-ring (bicyclic) bond motifs is 1. The molecule has 4 aromatic rings. The molecule has 1 spiro atoms. The number of carbonyl (C=O) groups is 1. The van der Waals surface area contributed by atoms with Gasteiger partial charge in [-0.2, -0.15) is 13.2 Å². The highest BCUT2D eigenvalue weighted by Crippen LogP contribution is 2.63. The zero-order valence-corrected chi connectivity index (χ0v) is 21.9. The minimum Gasteiger partial charge on any atom is -0.478 e. The Morgan fingerprint density at radius 1 is 1.15 bits per heavy atom. The molecule has 3 aliphatic rings. The zero-order chi connectivity index (χ0) is 27.8. The lowest BCUT2D eigenvalue weighted by Crippen LogP contribution is -2.42. The minimum atomic E-state index is -4.53. The van der Waals surface area contributed by atoms with Crippen molar-refractivity contribution in [3.05, 3.63) is 76.7 Å². The molecule has 0 bridgehead atoms. The summed E-state index contributed by atoms with van der Waals surface area (Å²) in [5, 5.41) is 18.1. The van der Waals surface area contributed by atoms with Crippen molar-refractivity contribution in [2.75, 3.05) is 13.1 Å². The van der Waals surface area contributed by atoms with Crippen LogP contribution in [0.2, 0.25) is 0 Å². The standard InChI is InChI=1S/C31H28F3N3O3/c1-37-16-22(29(38)39)19-9-8-18(14-24(19)37)26-21(15-30(26)10-12-35-13-11-30)25-27(36-40-28(25)17-6-7-17)20-4-2-3-5-23(20)31(32,33)34/h2-5,8-9,14,16-17,35H,6-7,10-13,15H2,1H3,(H,38,39). The van der Waals surface area contributed by atoms with Gasteiger partial charge in [-0.3, -0.25) is 0 Å². The highest BCUT2D eigenvalue weighted by Gasteiger charge is 2.49. The molecular formula is C31H28F3N3O3. The number of aromatic carboxylic acids is 1. The Morgan fingerprint density at radius 2 is 1.90 bits per heavy atom. The molecule has 2 aromatic carbocycles. The third-order valence-corrected chi connectivity index (χ3v) is 8.87. The van der Waals surface area contributed by atoms with Crippen molar-refractivity contribution in [3.8, 4) is 11.3 Å². The lowest BCUT2D eigenvalue weighted by molar-refractivity contribution is -0.137. The van der Waals surface area contributed by atoms with E-state index in [1.54, 1.807) is 12.3 Å². The van der Waals surface area contributed by atoms with E-state index in [1.807, 2.05) is 29.8 Å². The zero-order valence-electron chi connectivity index (χ0n) is 21.9. The number of aryl methyl sites for hydroxylation is 1. The van der Waals surface area contributed by atoms with Crippen molar-refractivity contribution in [1.82, 2.24) is 15.0 Å². The van der Waals surface area contributed by atoms with Crippen molar-refractivity contribution in [3.63, 3.8) is 0 Å².